The highest BCUT2D eigenvalue weighted by Crippen LogP contribution is 2.39. The van der Waals surface area contributed by atoms with Crippen LogP contribution >= 0.6 is 0 Å². The lowest BCUT2D eigenvalue weighted by Gasteiger charge is -2.23. The second-order valence-corrected chi connectivity index (χ2v) is 11.8. The fraction of sp³-hybridized carbons (Fsp3) is 0.0488. The minimum atomic E-state index is -0.0492. The Bertz CT molecular complexity index is 2510. The Kier molecular flexibility index (Phi) is 6.32. The van der Waals surface area contributed by atoms with Crippen molar-refractivity contribution in [3.63, 3.8) is 0 Å². The van der Waals surface area contributed by atoms with Crippen LogP contribution in [0.4, 0.5) is 0 Å². The van der Waals surface area contributed by atoms with E-state index in [9.17, 15) is 4.79 Å². The molecule has 1 aliphatic carbocycles. The summed E-state index contributed by atoms with van der Waals surface area (Å²) in [5, 5.41) is 2.51. The van der Waals surface area contributed by atoms with E-state index in [-0.39, 0.29) is 11.5 Å². The van der Waals surface area contributed by atoms with E-state index in [4.69, 9.17) is 19.9 Å². The molecule has 0 spiro atoms. The molecule has 8 aromatic rings. The second kappa shape index (κ2) is 11.0. The first-order valence-corrected chi connectivity index (χ1v) is 15.7. The van der Waals surface area contributed by atoms with Crippen LogP contribution in [0, 0.1) is 0 Å². The molecule has 0 aliphatic heterocycles. The van der Waals surface area contributed by atoms with Gasteiger partial charge in [-0.15, -0.1) is 0 Å². The summed E-state index contributed by atoms with van der Waals surface area (Å²) in [4.78, 5) is 33.9. The van der Waals surface area contributed by atoms with Crippen LogP contribution in [-0.2, 0) is 0 Å². The second-order valence-electron chi connectivity index (χ2n) is 11.8. The van der Waals surface area contributed by atoms with Crippen LogP contribution in [0.25, 0.3) is 67.9 Å². The monoisotopic (exact) mass is 605 g/mol. The Morgan fingerprint density at radius 2 is 1.06 bits per heavy atom. The lowest BCUT2D eigenvalue weighted by molar-refractivity contribution is 0.850. The molecule has 1 aliphatic rings. The van der Waals surface area contributed by atoms with E-state index in [0.717, 1.165) is 56.1 Å². The Labute approximate surface area is 270 Å². The maximum absolute atomic E-state index is 14.1. The maximum atomic E-state index is 14.1. The van der Waals surface area contributed by atoms with Crippen molar-refractivity contribution < 1.29 is 0 Å². The van der Waals surface area contributed by atoms with E-state index >= 15 is 0 Å². The molecular formula is C41H27N5O. The van der Waals surface area contributed by atoms with E-state index in [2.05, 4.69) is 36.4 Å². The molecule has 5 aromatic carbocycles. The Morgan fingerprint density at radius 3 is 1.70 bits per heavy atom. The highest BCUT2D eigenvalue weighted by atomic mass is 16.1. The van der Waals surface area contributed by atoms with Crippen molar-refractivity contribution in [3.05, 3.63) is 166 Å². The molecule has 0 fully saturated rings. The lowest BCUT2D eigenvalue weighted by Crippen LogP contribution is -2.22. The number of aromatic nitrogens is 5. The van der Waals surface area contributed by atoms with Crippen molar-refractivity contribution in [3.8, 4) is 45.6 Å². The largest absolute Gasteiger partial charge is 0.268 e. The average molecular weight is 606 g/mol. The number of imidazole rings is 1. The molecule has 0 saturated heterocycles. The zero-order chi connectivity index (χ0) is 31.3. The summed E-state index contributed by atoms with van der Waals surface area (Å²) < 4.78 is 1.82. The summed E-state index contributed by atoms with van der Waals surface area (Å²) in [5.41, 5.74) is 6.76. The molecule has 222 valence electrons. The molecule has 0 N–H and O–H groups in total. The van der Waals surface area contributed by atoms with Gasteiger partial charge in [-0.3, -0.25) is 9.20 Å². The smallest absolute Gasteiger partial charge is 0.264 e. The van der Waals surface area contributed by atoms with Crippen molar-refractivity contribution in [2.45, 2.75) is 12.3 Å². The summed E-state index contributed by atoms with van der Waals surface area (Å²) in [6.07, 6.45) is 2.92. The van der Waals surface area contributed by atoms with Crippen molar-refractivity contribution in [1.29, 1.82) is 0 Å². The number of benzene rings is 5. The van der Waals surface area contributed by atoms with Crippen molar-refractivity contribution >= 4 is 22.4 Å². The van der Waals surface area contributed by atoms with Gasteiger partial charge in [0.25, 0.3) is 5.56 Å². The quantitative estimate of drug-likeness (QED) is 0.201. The van der Waals surface area contributed by atoms with Gasteiger partial charge in [-0.25, -0.2) is 19.9 Å². The number of rotatable bonds is 5. The first-order valence-electron chi connectivity index (χ1n) is 15.7. The van der Waals surface area contributed by atoms with Crippen LogP contribution in [-0.4, -0.2) is 24.3 Å². The highest BCUT2D eigenvalue weighted by Gasteiger charge is 2.28. The Morgan fingerprint density at radius 1 is 0.532 bits per heavy atom. The number of pyridine rings is 1. The number of fused-ring (bicyclic) bond motifs is 2. The normalized spacial score (nSPS) is 13.9. The molecule has 0 radical (unpaired) electrons. The van der Waals surface area contributed by atoms with Gasteiger partial charge in [-0.05, 0) is 35.1 Å². The molecular weight excluding hydrogens is 578 g/mol. The van der Waals surface area contributed by atoms with E-state index in [1.54, 1.807) is 0 Å². The van der Waals surface area contributed by atoms with Gasteiger partial charge in [-0.2, -0.15) is 0 Å². The zero-order valence-corrected chi connectivity index (χ0v) is 25.3. The van der Waals surface area contributed by atoms with Gasteiger partial charge in [0.1, 0.15) is 5.82 Å². The minimum absolute atomic E-state index is 0.000187. The van der Waals surface area contributed by atoms with Crippen LogP contribution in [0.15, 0.2) is 144 Å². The summed E-state index contributed by atoms with van der Waals surface area (Å²) in [7, 11) is 0. The lowest BCUT2D eigenvalue weighted by atomic mass is 9.82. The Balaban J connectivity index is 1.24. The number of hydrogen-bond donors (Lipinski definition) is 0. The average Bonchev–Trinajstić information content (AvgIpc) is 3.55. The molecule has 3 aromatic heterocycles. The molecule has 0 saturated carbocycles. The van der Waals surface area contributed by atoms with Crippen LogP contribution in [0.3, 0.4) is 0 Å². The fourth-order valence-corrected chi connectivity index (χ4v) is 6.80. The zero-order valence-electron chi connectivity index (χ0n) is 25.3. The molecule has 47 heavy (non-hydrogen) atoms. The van der Waals surface area contributed by atoms with Crippen molar-refractivity contribution in [1.82, 2.24) is 24.3 Å². The molecule has 3 heterocycles. The van der Waals surface area contributed by atoms with Crippen molar-refractivity contribution in [2.24, 2.45) is 0 Å². The van der Waals surface area contributed by atoms with Gasteiger partial charge in [0, 0.05) is 33.6 Å². The van der Waals surface area contributed by atoms with Gasteiger partial charge in [-0.1, -0.05) is 133 Å². The van der Waals surface area contributed by atoms with Crippen LogP contribution < -0.4 is 10.9 Å². The maximum Gasteiger partial charge on any atom is 0.264 e. The van der Waals surface area contributed by atoms with E-state index < -0.39 is 0 Å². The standard InChI is InChI=1S/C41H27N5O/c47-41-33-22-11-10-21-32(33)35-31(23-24-34-36(35)46(41)40(42-34)28-17-8-3-9-18-28)29-19-12-20-30(25-29)39-44-37(26-13-4-1-5-14-26)43-38(45-39)27-15-6-2-7-16-27/h1-22,24-25,31H,23H2. The molecule has 0 amide bonds. The van der Waals surface area contributed by atoms with Gasteiger partial charge in [0.15, 0.2) is 17.5 Å². The predicted molar refractivity (Wildman–Crippen MR) is 187 cm³/mol. The SMILES string of the molecule is O=c1c2ccccc2c2c3c(nc(-c4ccccc4)n13)=CCC2c1cccc(-c2nc(-c3ccccc3)nc(-c3ccccc3)n2)c1. The van der Waals surface area contributed by atoms with Gasteiger partial charge in [0.2, 0.25) is 0 Å². The summed E-state index contributed by atoms with van der Waals surface area (Å²) in [5.74, 6) is 2.54. The first kappa shape index (κ1) is 27.1. The topological polar surface area (TPSA) is 73.0 Å². The van der Waals surface area contributed by atoms with Gasteiger partial charge >= 0.3 is 0 Å². The third-order valence-corrected chi connectivity index (χ3v) is 8.98. The molecule has 1 atom stereocenters. The van der Waals surface area contributed by atoms with Crippen LogP contribution in [0.1, 0.15) is 23.5 Å². The third-order valence-electron chi connectivity index (χ3n) is 8.98. The molecule has 6 heteroatoms. The molecule has 1 unspecified atom stereocenters. The van der Waals surface area contributed by atoms with Crippen LogP contribution in [0.5, 0.6) is 0 Å². The predicted octanol–water partition coefficient (Wildman–Crippen LogP) is 7.74. The van der Waals surface area contributed by atoms with E-state index in [0.29, 0.717) is 28.7 Å². The van der Waals surface area contributed by atoms with E-state index in [1.165, 1.54) is 0 Å². The van der Waals surface area contributed by atoms with Gasteiger partial charge < -0.3 is 0 Å². The molecule has 6 nitrogen and oxygen atoms in total. The molecule has 0 bridgehead atoms. The summed E-state index contributed by atoms with van der Waals surface area (Å²) in [6, 6.07) is 46.4. The Hall–Kier alpha value is -6.27. The van der Waals surface area contributed by atoms with Crippen molar-refractivity contribution in [2.75, 3.05) is 0 Å². The highest BCUT2D eigenvalue weighted by molar-refractivity contribution is 5.93. The number of nitrogens with zero attached hydrogens (tertiary/aromatic N) is 5. The van der Waals surface area contributed by atoms with Crippen LogP contribution in [0.2, 0.25) is 0 Å². The molecule has 9 rings (SSSR count). The fourth-order valence-electron chi connectivity index (χ4n) is 6.80. The summed E-state index contributed by atoms with van der Waals surface area (Å²) >= 11 is 0. The third kappa shape index (κ3) is 4.53. The van der Waals surface area contributed by atoms with Gasteiger partial charge in [0.05, 0.1) is 10.9 Å². The van der Waals surface area contributed by atoms with E-state index in [1.807, 2.05) is 114 Å². The summed E-state index contributed by atoms with van der Waals surface area (Å²) in [6.45, 7) is 0. The number of hydrogen-bond acceptors (Lipinski definition) is 5. The minimum Gasteiger partial charge on any atom is -0.268 e. The first-order chi connectivity index (χ1) is 23.2.